The Hall–Kier alpha value is -1.20. The van der Waals surface area contributed by atoms with Crippen LogP contribution >= 0.6 is 0 Å². The van der Waals surface area contributed by atoms with Gasteiger partial charge in [-0.2, -0.15) is 5.10 Å². The maximum absolute atomic E-state index is 14.4. The fourth-order valence-electron chi connectivity index (χ4n) is 3.74. The van der Waals surface area contributed by atoms with Crippen molar-refractivity contribution in [2.75, 3.05) is 6.61 Å². The Labute approximate surface area is 157 Å². The summed E-state index contributed by atoms with van der Waals surface area (Å²) in [5.41, 5.74) is 1.66. The molecule has 5 heteroatoms. The van der Waals surface area contributed by atoms with Gasteiger partial charge in [-0.05, 0) is 61.9 Å². The smallest absolute Gasteiger partial charge is 0.191 e. The molecule has 1 aromatic heterocycles. The lowest BCUT2D eigenvalue weighted by Gasteiger charge is -2.40. The van der Waals surface area contributed by atoms with Gasteiger partial charge < -0.3 is 4.43 Å². The summed E-state index contributed by atoms with van der Waals surface area (Å²) in [6.07, 6.45) is 4.34. The van der Waals surface area contributed by atoms with Crippen LogP contribution in [-0.2, 0) is 9.84 Å². The summed E-state index contributed by atoms with van der Waals surface area (Å²) < 4.78 is 20.8. The molecule has 3 nitrogen and oxygen atoms in total. The first-order valence-corrected chi connectivity index (χ1v) is 12.7. The number of hydrogen-bond acceptors (Lipinski definition) is 2. The van der Waals surface area contributed by atoms with Gasteiger partial charge in [0, 0.05) is 12.0 Å². The molecule has 0 unspecified atom stereocenters. The first-order chi connectivity index (χ1) is 12.0. The largest absolute Gasteiger partial charge is 0.417 e. The van der Waals surface area contributed by atoms with Crippen LogP contribution in [-0.4, -0.2) is 25.1 Å². The molecule has 26 heavy (non-hydrogen) atoms. The molecule has 2 aromatic rings. The van der Waals surface area contributed by atoms with Crippen molar-refractivity contribution in [3.8, 4) is 0 Å². The van der Waals surface area contributed by atoms with Gasteiger partial charge in [0.1, 0.15) is 5.82 Å². The summed E-state index contributed by atoms with van der Waals surface area (Å²) >= 11 is 0. The average molecular weight is 377 g/mol. The van der Waals surface area contributed by atoms with Crippen LogP contribution < -0.4 is 0 Å². The van der Waals surface area contributed by atoms with Gasteiger partial charge in [-0.3, -0.25) is 5.10 Å². The van der Waals surface area contributed by atoms with Crippen LogP contribution in [0.5, 0.6) is 0 Å². The van der Waals surface area contributed by atoms with E-state index in [1.165, 1.54) is 6.07 Å². The Bertz CT molecular complexity index is 770. The molecule has 0 radical (unpaired) electrons. The standard InChI is InChI=1S/C21H33FN2OSi/c1-20(2,3)26(5,6)25-14-15-10-12-21(4,13-11-15)19-18-16(22)8-7-9-17(18)23-24-19/h7-9,15H,10-14H2,1-6H3,(H,23,24). The number of rotatable bonds is 4. The predicted molar refractivity (Wildman–Crippen MR) is 109 cm³/mol. The Kier molecular flexibility index (Phi) is 5.08. The lowest BCUT2D eigenvalue weighted by molar-refractivity contribution is 0.160. The predicted octanol–water partition coefficient (Wildman–Crippen LogP) is 6.17. The number of H-pyrrole nitrogens is 1. The van der Waals surface area contributed by atoms with E-state index in [4.69, 9.17) is 4.43 Å². The number of nitrogens with one attached hydrogen (secondary N) is 1. The quantitative estimate of drug-likeness (QED) is 0.648. The Balaban J connectivity index is 1.68. The third-order valence-corrected chi connectivity index (χ3v) is 11.3. The van der Waals surface area contributed by atoms with Crippen LogP contribution in [0.25, 0.3) is 10.9 Å². The second kappa shape index (κ2) is 6.75. The van der Waals surface area contributed by atoms with Crippen molar-refractivity contribution in [2.24, 2.45) is 5.92 Å². The summed E-state index contributed by atoms with van der Waals surface area (Å²) in [7, 11) is -1.69. The van der Waals surface area contributed by atoms with Crippen LogP contribution in [0.15, 0.2) is 18.2 Å². The summed E-state index contributed by atoms with van der Waals surface area (Å²) in [6.45, 7) is 14.6. The maximum Gasteiger partial charge on any atom is 0.191 e. The summed E-state index contributed by atoms with van der Waals surface area (Å²) in [6, 6.07) is 5.13. The van der Waals surface area contributed by atoms with E-state index in [1.807, 2.05) is 6.07 Å². The minimum Gasteiger partial charge on any atom is -0.417 e. The molecule has 1 fully saturated rings. The molecular weight excluding hydrogens is 343 g/mol. The monoisotopic (exact) mass is 376 g/mol. The highest BCUT2D eigenvalue weighted by atomic mass is 28.4. The van der Waals surface area contributed by atoms with Crippen LogP contribution in [0.4, 0.5) is 4.39 Å². The first kappa shape index (κ1) is 19.6. The zero-order valence-electron chi connectivity index (χ0n) is 17.1. The zero-order valence-corrected chi connectivity index (χ0v) is 18.1. The van der Waals surface area contributed by atoms with E-state index in [0.29, 0.717) is 11.3 Å². The van der Waals surface area contributed by atoms with E-state index in [9.17, 15) is 4.39 Å². The SMILES string of the molecule is CC1(c2[nH]nc3cccc(F)c23)CCC(CO[Si](C)(C)C(C)(C)C)CC1. The molecule has 0 spiro atoms. The van der Waals surface area contributed by atoms with E-state index in [-0.39, 0.29) is 16.3 Å². The normalized spacial score (nSPS) is 25.0. The van der Waals surface area contributed by atoms with E-state index < -0.39 is 8.32 Å². The van der Waals surface area contributed by atoms with Crippen molar-refractivity contribution >= 4 is 19.2 Å². The molecule has 0 saturated heterocycles. The van der Waals surface area contributed by atoms with E-state index in [2.05, 4.69) is 51.0 Å². The lowest BCUT2D eigenvalue weighted by atomic mass is 9.69. The fourth-order valence-corrected chi connectivity index (χ4v) is 4.82. The Morgan fingerprint density at radius 3 is 2.54 bits per heavy atom. The lowest BCUT2D eigenvalue weighted by Crippen LogP contribution is -2.42. The summed E-state index contributed by atoms with van der Waals surface area (Å²) in [5.74, 6) is 0.437. The fraction of sp³-hybridized carbons (Fsp3) is 0.667. The second-order valence-corrected chi connectivity index (χ2v) is 14.6. The van der Waals surface area contributed by atoms with Crippen LogP contribution in [0.1, 0.15) is 59.1 Å². The molecule has 1 saturated carbocycles. The van der Waals surface area contributed by atoms with Gasteiger partial charge in [0.2, 0.25) is 0 Å². The van der Waals surface area contributed by atoms with Gasteiger partial charge in [-0.25, -0.2) is 4.39 Å². The van der Waals surface area contributed by atoms with Crippen LogP contribution in [0.2, 0.25) is 18.1 Å². The number of halogens is 1. The molecule has 0 atom stereocenters. The van der Waals surface area contributed by atoms with Crippen LogP contribution in [0.3, 0.4) is 0 Å². The third kappa shape index (κ3) is 3.61. The van der Waals surface area contributed by atoms with Gasteiger partial charge >= 0.3 is 0 Å². The highest BCUT2D eigenvalue weighted by Crippen LogP contribution is 2.44. The Morgan fingerprint density at radius 1 is 1.27 bits per heavy atom. The van der Waals surface area contributed by atoms with E-state index in [0.717, 1.165) is 43.5 Å². The molecular formula is C21H33FN2OSi. The number of nitrogens with zero attached hydrogens (tertiary/aromatic N) is 1. The summed E-state index contributed by atoms with van der Waals surface area (Å²) in [5, 5.41) is 8.40. The van der Waals surface area contributed by atoms with Crippen molar-refractivity contribution in [2.45, 2.75) is 76.9 Å². The molecule has 1 aliphatic carbocycles. The third-order valence-electron chi connectivity index (χ3n) is 6.83. The van der Waals surface area contributed by atoms with Crippen molar-refractivity contribution < 1.29 is 8.82 Å². The molecule has 0 amide bonds. The average Bonchev–Trinajstić information content (AvgIpc) is 3.00. The van der Waals surface area contributed by atoms with E-state index in [1.54, 1.807) is 6.07 Å². The molecule has 1 aromatic carbocycles. The van der Waals surface area contributed by atoms with Crippen molar-refractivity contribution in [3.05, 3.63) is 29.7 Å². The zero-order chi connectivity index (χ0) is 19.2. The van der Waals surface area contributed by atoms with E-state index >= 15 is 0 Å². The minimum atomic E-state index is -1.69. The maximum atomic E-state index is 14.4. The molecule has 1 aliphatic rings. The highest BCUT2D eigenvalue weighted by Gasteiger charge is 2.40. The van der Waals surface area contributed by atoms with Crippen molar-refractivity contribution in [1.82, 2.24) is 10.2 Å². The molecule has 144 valence electrons. The molecule has 0 aliphatic heterocycles. The van der Waals surface area contributed by atoms with Gasteiger partial charge in [-0.15, -0.1) is 0 Å². The Morgan fingerprint density at radius 2 is 1.92 bits per heavy atom. The van der Waals surface area contributed by atoms with Gasteiger partial charge in [0.05, 0.1) is 16.6 Å². The number of aromatic nitrogens is 2. The summed E-state index contributed by atoms with van der Waals surface area (Å²) in [4.78, 5) is 0. The van der Waals surface area contributed by atoms with Crippen LogP contribution in [0, 0.1) is 11.7 Å². The first-order valence-electron chi connectivity index (χ1n) is 9.80. The molecule has 1 N–H and O–H groups in total. The van der Waals surface area contributed by atoms with Gasteiger partial charge in [0.15, 0.2) is 8.32 Å². The van der Waals surface area contributed by atoms with Crippen molar-refractivity contribution in [3.63, 3.8) is 0 Å². The van der Waals surface area contributed by atoms with Crippen molar-refractivity contribution in [1.29, 1.82) is 0 Å². The number of benzene rings is 1. The highest BCUT2D eigenvalue weighted by molar-refractivity contribution is 6.74. The second-order valence-electron chi connectivity index (χ2n) is 9.81. The molecule has 0 bridgehead atoms. The van der Waals surface area contributed by atoms with Gasteiger partial charge in [-0.1, -0.05) is 33.8 Å². The van der Waals surface area contributed by atoms with Gasteiger partial charge in [0.25, 0.3) is 0 Å². The number of aromatic amines is 1. The minimum absolute atomic E-state index is 0.0373. The number of fused-ring (bicyclic) bond motifs is 1. The topological polar surface area (TPSA) is 37.9 Å². The molecule has 1 heterocycles. The number of hydrogen-bond donors (Lipinski definition) is 1. The molecule has 3 rings (SSSR count).